The van der Waals surface area contributed by atoms with Crippen molar-refractivity contribution in [3.63, 3.8) is 0 Å². The van der Waals surface area contributed by atoms with Gasteiger partial charge < -0.3 is 10.4 Å². The van der Waals surface area contributed by atoms with Crippen molar-refractivity contribution in [3.05, 3.63) is 0 Å². The van der Waals surface area contributed by atoms with Crippen molar-refractivity contribution in [2.75, 3.05) is 13.2 Å². The van der Waals surface area contributed by atoms with E-state index in [1.807, 2.05) is 0 Å². The van der Waals surface area contributed by atoms with Gasteiger partial charge in [-0.3, -0.25) is 0 Å². The summed E-state index contributed by atoms with van der Waals surface area (Å²) in [5.74, 6) is 1.68. The van der Waals surface area contributed by atoms with Gasteiger partial charge in [0, 0.05) is 12.6 Å². The van der Waals surface area contributed by atoms with Crippen molar-refractivity contribution < 1.29 is 5.11 Å². The molecule has 2 N–H and O–H groups in total. The predicted molar refractivity (Wildman–Crippen MR) is 69.5 cm³/mol. The molecule has 1 rings (SSSR count). The molecule has 0 aliphatic heterocycles. The fourth-order valence-electron chi connectivity index (χ4n) is 2.32. The van der Waals surface area contributed by atoms with Gasteiger partial charge in [-0.2, -0.15) is 0 Å². The molecule has 1 aliphatic carbocycles. The number of aliphatic hydroxyl groups excluding tert-OH is 1. The normalized spacial score (nSPS) is 19.1. The van der Waals surface area contributed by atoms with E-state index in [1.54, 1.807) is 0 Å². The first-order valence-electron chi connectivity index (χ1n) is 6.80. The number of hydrogen-bond donors (Lipinski definition) is 2. The fraction of sp³-hybridized carbons (Fsp3) is 1.00. The van der Waals surface area contributed by atoms with Gasteiger partial charge in [-0.1, -0.05) is 27.7 Å². The Bertz CT molecular complexity index is 195. The zero-order chi connectivity index (χ0) is 12.2. The summed E-state index contributed by atoms with van der Waals surface area (Å²) >= 11 is 0. The zero-order valence-corrected chi connectivity index (χ0v) is 11.4. The lowest BCUT2D eigenvalue weighted by atomic mass is 9.89. The summed E-state index contributed by atoms with van der Waals surface area (Å²) in [4.78, 5) is 0. The standard InChI is InChI=1S/C14H29NO/c1-11(2)13(12-6-7-12)15-9-5-8-14(3,4)10-16/h11-13,15-16H,5-10H2,1-4H3. The summed E-state index contributed by atoms with van der Waals surface area (Å²) in [6, 6.07) is 0.720. The Kier molecular flexibility index (Phi) is 5.26. The monoisotopic (exact) mass is 227 g/mol. The predicted octanol–water partition coefficient (Wildman–Crippen LogP) is 2.81. The second-order valence-electron chi connectivity index (χ2n) is 6.49. The van der Waals surface area contributed by atoms with Crippen molar-refractivity contribution in [2.24, 2.45) is 17.3 Å². The maximum absolute atomic E-state index is 9.17. The number of hydrogen-bond acceptors (Lipinski definition) is 2. The van der Waals surface area contributed by atoms with Gasteiger partial charge in [0.25, 0.3) is 0 Å². The summed E-state index contributed by atoms with van der Waals surface area (Å²) in [6.07, 6.45) is 5.10. The lowest BCUT2D eigenvalue weighted by Gasteiger charge is -2.25. The van der Waals surface area contributed by atoms with Crippen LogP contribution in [0.5, 0.6) is 0 Å². The SMILES string of the molecule is CC(C)C(NCCCC(C)(C)CO)C1CC1. The van der Waals surface area contributed by atoms with Crippen molar-refractivity contribution >= 4 is 0 Å². The highest BCUT2D eigenvalue weighted by Gasteiger charge is 2.32. The molecule has 0 saturated heterocycles. The van der Waals surface area contributed by atoms with Gasteiger partial charge in [0.15, 0.2) is 0 Å². The Morgan fingerprint density at radius 3 is 2.38 bits per heavy atom. The van der Waals surface area contributed by atoms with Gasteiger partial charge in [-0.05, 0) is 49.5 Å². The molecule has 0 spiro atoms. The van der Waals surface area contributed by atoms with E-state index in [0.717, 1.165) is 30.8 Å². The van der Waals surface area contributed by atoms with Crippen LogP contribution >= 0.6 is 0 Å². The average Bonchev–Trinajstić information content (AvgIpc) is 3.01. The lowest BCUT2D eigenvalue weighted by molar-refractivity contribution is 0.147. The molecule has 0 amide bonds. The minimum atomic E-state index is 0.0919. The van der Waals surface area contributed by atoms with E-state index in [0.29, 0.717) is 6.61 Å². The van der Waals surface area contributed by atoms with E-state index in [1.165, 1.54) is 19.3 Å². The van der Waals surface area contributed by atoms with E-state index >= 15 is 0 Å². The molecule has 16 heavy (non-hydrogen) atoms. The molecule has 2 heteroatoms. The molecule has 1 atom stereocenters. The Balaban J connectivity index is 2.13. The van der Waals surface area contributed by atoms with Crippen LogP contribution in [0.15, 0.2) is 0 Å². The Labute approximate surface area is 101 Å². The third-order valence-corrected chi connectivity index (χ3v) is 3.69. The first-order valence-corrected chi connectivity index (χ1v) is 6.80. The maximum Gasteiger partial charge on any atom is 0.0482 e. The van der Waals surface area contributed by atoms with Crippen LogP contribution in [0, 0.1) is 17.3 Å². The Hall–Kier alpha value is -0.0800. The Morgan fingerprint density at radius 2 is 1.94 bits per heavy atom. The van der Waals surface area contributed by atoms with Gasteiger partial charge >= 0.3 is 0 Å². The summed E-state index contributed by atoms with van der Waals surface area (Å²) in [5.41, 5.74) is 0.0919. The average molecular weight is 227 g/mol. The van der Waals surface area contributed by atoms with Crippen molar-refractivity contribution in [1.82, 2.24) is 5.32 Å². The van der Waals surface area contributed by atoms with Crippen molar-refractivity contribution in [3.8, 4) is 0 Å². The van der Waals surface area contributed by atoms with Crippen LogP contribution in [0.3, 0.4) is 0 Å². The molecule has 0 heterocycles. The summed E-state index contributed by atoms with van der Waals surface area (Å²) < 4.78 is 0. The van der Waals surface area contributed by atoms with Gasteiger partial charge in [0.05, 0.1) is 0 Å². The zero-order valence-electron chi connectivity index (χ0n) is 11.4. The van der Waals surface area contributed by atoms with E-state index in [2.05, 4.69) is 33.0 Å². The molecule has 0 bridgehead atoms. The number of rotatable bonds is 8. The smallest absolute Gasteiger partial charge is 0.0482 e. The molecule has 0 aromatic carbocycles. The third-order valence-electron chi connectivity index (χ3n) is 3.69. The summed E-state index contributed by atoms with van der Waals surface area (Å²) in [5, 5.41) is 12.9. The van der Waals surface area contributed by atoms with E-state index < -0.39 is 0 Å². The van der Waals surface area contributed by atoms with Crippen LogP contribution in [0.4, 0.5) is 0 Å². The van der Waals surface area contributed by atoms with Crippen LogP contribution in [0.25, 0.3) is 0 Å². The topological polar surface area (TPSA) is 32.3 Å². The summed E-state index contributed by atoms with van der Waals surface area (Å²) in [6.45, 7) is 10.3. The van der Waals surface area contributed by atoms with E-state index in [4.69, 9.17) is 5.11 Å². The molecule has 1 unspecified atom stereocenters. The lowest BCUT2D eigenvalue weighted by Crippen LogP contribution is -2.36. The molecule has 0 aromatic heterocycles. The quantitative estimate of drug-likeness (QED) is 0.625. The minimum absolute atomic E-state index is 0.0919. The number of aliphatic hydroxyl groups is 1. The molecule has 96 valence electrons. The molecule has 1 saturated carbocycles. The molecule has 2 nitrogen and oxygen atoms in total. The Morgan fingerprint density at radius 1 is 1.31 bits per heavy atom. The van der Waals surface area contributed by atoms with Crippen molar-refractivity contribution in [1.29, 1.82) is 0 Å². The second kappa shape index (κ2) is 6.02. The highest BCUT2D eigenvalue weighted by Crippen LogP contribution is 2.35. The highest BCUT2D eigenvalue weighted by molar-refractivity contribution is 4.88. The van der Waals surface area contributed by atoms with E-state index in [9.17, 15) is 0 Å². The maximum atomic E-state index is 9.17. The molecule has 0 radical (unpaired) electrons. The second-order valence-corrected chi connectivity index (χ2v) is 6.49. The highest BCUT2D eigenvalue weighted by atomic mass is 16.3. The first kappa shape index (κ1) is 14.0. The summed E-state index contributed by atoms with van der Waals surface area (Å²) in [7, 11) is 0. The van der Waals surface area contributed by atoms with Gasteiger partial charge in [-0.25, -0.2) is 0 Å². The van der Waals surface area contributed by atoms with Crippen molar-refractivity contribution in [2.45, 2.75) is 59.4 Å². The van der Waals surface area contributed by atoms with Gasteiger partial charge in [-0.15, -0.1) is 0 Å². The largest absolute Gasteiger partial charge is 0.396 e. The molecular weight excluding hydrogens is 198 g/mol. The van der Waals surface area contributed by atoms with Gasteiger partial charge in [0.2, 0.25) is 0 Å². The van der Waals surface area contributed by atoms with Crippen LogP contribution < -0.4 is 5.32 Å². The van der Waals surface area contributed by atoms with Gasteiger partial charge in [0.1, 0.15) is 0 Å². The molecular formula is C14H29NO. The first-order chi connectivity index (χ1) is 7.46. The van der Waals surface area contributed by atoms with E-state index in [-0.39, 0.29) is 5.41 Å². The van der Waals surface area contributed by atoms with Crippen LogP contribution in [0.1, 0.15) is 53.4 Å². The fourth-order valence-corrected chi connectivity index (χ4v) is 2.32. The van der Waals surface area contributed by atoms with Crippen LogP contribution in [-0.4, -0.2) is 24.3 Å². The van der Waals surface area contributed by atoms with Crippen LogP contribution in [-0.2, 0) is 0 Å². The number of nitrogens with one attached hydrogen (secondary N) is 1. The molecule has 1 fully saturated rings. The molecule has 0 aromatic rings. The molecule has 1 aliphatic rings. The minimum Gasteiger partial charge on any atom is -0.396 e. The third kappa shape index (κ3) is 4.84. The van der Waals surface area contributed by atoms with Crippen LogP contribution in [0.2, 0.25) is 0 Å².